The van der Waals surface area contributed by atoms with Gasteiger partial charge in [-0.15, -0.1) is 0 Å². The van der Waals surface area contributed by atoms with Crippen molar-refractivity contribution in [1.29, 1.82) is 0 Å². The van der Waals surface area contributed by atoms with E-state index in [9.17, 15) is 25.2 Å². The first kappa shape index (κ1) is 28.4. The summed E-state index contributed by atoms with van der Waals surface area (Å²) in [6, 6.07) is 0. The molecule has 12 heteroatoms. The predicted octanol–water partition coefficient (Wildman–Crippen LogP) is -1.22. The van der Waals surface area contributed by atoms with Crippen molar-refractivity contribution in [2.75, 3.05) is 27.6 Å². The third-order valence-electron chi connectivity index (χ3n) is 7.43. The van der Waals surface area contributed by atoms with Crippen LogP contribution >= 0.6 is 0 Å². The summed E-state index contributed by atoms with van der Waals surface area (Å²) in [5, 5.41) is 43.9. The molecule has 3 aliphatic heterocycles. The van der Waals surface area contributed by atoms with Crippen LogP contribution in [0.25, 0.3) is 0 Å². The summed E-state index contributed by atoms with van der Waals surface area (Å²) >= 11 is 0. The second-order valence-corrected chi connectivity index (χ2v) is 9.75. The van der Waals surface area contributed by atoms with Gasteiger partial charge in [0.2, 0.25) is 5.79 Å². The monoisotopic (exact) mass is 505 g/mol. The molecule has 0 aromatic carbocycles. The molecule has 3 aliphatic rings. The molecule has 202 valence electrons. The van der Waals surface area contributed by atoms with Crippen LogP contribution in [-0.2, 0) is 33.2 Å². The van der Waals surface area contributed by atoms with E-state index in [1.807, 2.05) is 13.8 Å². The van der Waals surface area contributed by atoms with Crippen molar-refractivity contribution < 1.29 is 53.6 Å². The summed E-state index contributed by atoms with van der Waals surface area (Å²) in [7, 11) is 2.75. The van der Waals surface area contributed by atoms with Gasteiger partial charge >= 0.3 is 0 Å². The molecule has 0 spiro atoms. The smallest absolute Gasteiger partial charge is 0.256 e. The van der Waals surface area contributed by atoms with Crippen LogP contribution in [0.2, 0.25) is 0 Å². The van der Waals surface area contributed by atoms with E-state index < -0.39 is 66.8 Å². The number of fused-ring (bicyclic) bond motifs is 1. The topological polar surface area (TPSA) is 165 Å². The molecule has 3 rings (SSSR count). The van der Waals surface area contributed by atoms with Crippen LogP contribution < -0.4 is 5.32 Å². The zero-order valence-electron chi connectivity index (χ0n) is 20.9. The van der Waals surface area contributed by atoms with Crippen molar-refractivity contribution >= 4 is 5.91 Å². The van der Waals surface area contributed by atoms with Crippen molar-refractivity contribution in [3.05, 3.63) is 12.2 Å². The van der Waals surface area contributed by atoms with E-state index in [1.165, 1.54) is 21.1 Å². The van der Waals surface area contributed by atoms with Crippen LogP contribution in [0.5, 0.6) is 0 Å². The van der Waals surface area contributed by atoms with E-state index in [0.29, 0.717) is 0 Å². The number of carbonyl (C=O) groups is 1. The van der Waals surface area contributed by atoms with E-state index >= 15 is 0 Å². The van der Waals surface area contributed by atoms with Gasteiger partial charge in [0.15, 0.2) is 12.3 Å². The van der Waals surface area contributed by atoms with Crippen LogP contribution in [0.1, 0.15) is 33.6 Å². The summed E-state index contributed by atoms with van der Waals surface area (Å²) in [6.07, 6.45) is -7.96. The third kappa shape index (κ3) is 5.42. The molecule has 2 unspecified atom stereocenters. The van der Waals surface area contributed by atoms with Gasteiger partial charge in [0, 0.05) is 33.0 Å². The number of rotatable bonds is 8. The van der Waals surface area contributed by atoms with Crippen molar-refractivity contribution in [3.63, 3.8) is 0 Å². The van der Waals surface area contributed by atoms with E-state index in [0.717, 1.165) is 5.57 Å². The number of aliphatic hydroxyl groups is 4. The molecule has 0 aromatic rings. The standard InChI is InChI=1S/C23H39NO11/c1-11-8-23(31-6,35-13(3)12(11)2)18(27)20(28)24-21-17-16(32-10-33-21)19(30-5)22(4,29)15(34-17)7-14(26)9-25/h12-19,21,25-27,29H,1,7-10H2,2-6H3,(H,24,28)/t12-,13-,14+,15?,16+,17+,18-,19-,21-,22?,23-/m1/s1. The highest BCUT2D eigenvalue weighted by atomic mass is 16.7. The van der Waals surface area contributed by atoms with Gasteiger partial charge in [-0.05, 0) is 13.8 Å². The van der Waals surface area contributed by atoms with E-state index in [2.05, 4.69) is 11.9 Å². The normalized spacial score (nSPS) is 43.8. The predicted molar refractivity (Wildman–Crippen MR) is 120 cm³/mol. The van der Waals surface area contributed by atoms with Crippen molar-refractivity contribution in [2.24, 2.45) is 5.92 Å². The number of hydrogen-bond acceptors (Lipinski definition) is 11. The summed E-state index contributed by atoms with van der Waals surface area (Å²) in [5.41, 5.74) is -0.799. The Hall–Kier alpha value is -1.19. The number of hydrogen-bond donors (Lipinski definition) is 5. The molecule has 3 fully saturated rings. The number of nitrogens with one attached hydrogen (secondary N) is 1. The maximum absolute atomic E-state index is 13.1. The van der Waals surface area contributed by atoms with Gasteiger partial charge in [-0.3, -0.25) is 4.79 Å². The molecule has 3 heterocycles. The maximum Gasteiger partial charge on any atom is 0.256 e. The summed E-state index contributed by atoms with van der Waals surface area (Å²) in [4.78, 5) is 13.1. The van der Waals surface area contributed by atoms with Gasteiger partial charge in [0.25, 0.3) is 5.91 Å². The van der Waals surface area contributed by atoms with Crippen molar-refractivity contribution in [3.8, 4) is 0 Å². The van der Waals surface area contributed by atoms with Crippen LogP contribution in [0.4, 0.5) is 0 Å². The SMILES string of the molecule is C=C1C[C@](OC)([C@H](O)C(=O)N[C@@H]2OCO[C@H]3[C@@H]2OC(C[C@H](O)CO)C(C)(O)[C@@H]3OC)O[C@H](C)[C@@H]1C. The average molecular weight is 506 g/mol. The Balaban J connectivity index is 1.79. The van der Waals surface area contributed by atoms with Crippen molar-refractivity contribution in [2.45, 2.75) is 94.0 Å². The fourth-order valence-corrected chi connectivity index (χ4v) is 5.00. The highest BCUT2D eigenvalue weighted by Crippen LogP contribution is 2.40. The average Bonchev–Trinajstić information content (AvgIpc) is 2.82. The lowest BCUT2D eigenvalue weighted by Gasteiger charge is -2.53. The largest absolute Gasteiger partial charge is 0.394 e. The Morgan fingerprint density at radius 3 is 2.51 bits per heavy atom. The number of carbonyl (C=O) groups excluding carboxylic acids is 1. The lowest BCUT2D eigenvalue weighted by atomic mass is 9.80. The second-order valence-electron chi connectivity index (χ2n) is 9.75. The molecule has 12 nitrogen and oxygen atoms in total. The van der Waals surface area contributed by atoms with Crippen LogP contribution in [-0.4, -0.2) is 114 Å². The molecule has 0 bridgehead atoms. The second kappa shape index (κ2) is 11.1. The lowest BCUT2D eigenvalue weighted by Crippen LogP contribution is -2.72. The van der Waals surface area contributed by atoms with Crippen molar-refractivity contribution in [1.82, 2.24) is 5.32 Å². The first-order valence-corrected chi connectivity index (χ1v) is 11.7. The molecule has 3 saturated heterocycles. The minimum atomic E-state index is -1.72. The zero-order valence-corrected chi connectivity index (χ0v) is 20.9. The minimum absolute atomic E-state index is 0.0220. The Morgan fingerprint density at radius 1 is 1.26 bits per heavy atom. The minimum Gasteiger partial charge on any atom is -0.394 e. The number of amides is 1. The molecule has 5 N–H and O–H groups in total. The first-order chi connectivity index (χ1) is 16.4. The molecule has 0 aliphatic carbocycles. The molecule has 11 atom stereocenters. The molecule has 1 amide bonds. The number of aliphatic hydroxyl groups excluding tert-OH is 3. The van der Waals surface area contributed by atoms with Gasteiger partial charge < -0.3 is 54.2 Å². The van der Waals surface area contributed by atoms with Gasteiger partial charge in [-0.2, -0.15) is 0 Å². The zero-order chi connectivity index (χ0) is 26.1. The van der Waals surface area contributed by atoms with Crippen LogP contribution in [0, 0.1) is 5.92 Å². The Morgan fingerprint density at radius 2 is 1.94 bits per heavy atom. The fourth-order valence-electron chi connectivity index (χ4n) is 5.00. The molecule has 35 heavy (non-hydrogen) atoms. The number of methoxy groups -OCH3 is 2. The first-order valence-electron chi connectivity index (χ1n) is 11.7. The molecular formula is C23H39NO11. The third-order valence-corrected chi connectivity index (χ3v) is 7.43. The molecule has 0 radical (unpaired) electrons. The Labute approximate surface area is 205 Å². The quantitative estimate of drug-likeness (QED) is 0.251. The Bertz CT molecular complexity index is 764. The molecule has 0 aromatic heterocycles. The highest BCUT2D eigenvalue weighted by molar-refractivity contribution is 5.82. The summed E-state index contributed by atoms with van der Waals surface area (Å²) < 4.78 is 34.2. The van der Waals surface area contributed by atoms with E-state index in [4.69, 9.17) is 28.4 Å². The number of ether oxygens (including phenoxy) is 6. The molecule has 0 saturated carbocycles. The van der Waals surface area contributed by atoms with Gasteiger partial charge in [0.05, 0.1) is 24.9 Å². The van der Waals surface area contributed by atoms with Crippen LogP contribution in [0.15, 0.2) is 12.2 Å². The van der Waals surface area contributed by atoms with Gasteiger partial charge in [0.1, 0.15) is 30.7 Å². The summed E-state index contributed by atoms with van der Waals surface area (Å²) in [5.74, 6) is -2.43. The van der Waals surface area contributed by atoms with E-state index in [-0.39, 0.29) is 31.7 Å². The highest BCUT2D eigenvalue weighted by Gasteiger charge is 2.58. The fraction of sp³-hybridized carbons (Fsp3) is 0.870. The molecular weight excluding hydrogens is 466 g/mol. The van der Waals surface area contributed by atoms with Crippen LogP contribution in [0.3, 0.4) is 0 Å². The van der Waals surface area contributed by atoms with E-state index in [1.54, 1.807) is 0 Å². The van der Waals surface area contributed by atoms with Gasteiger partial charge in [-0.25, -0.2) is 0 Å². The summed E-state index contributed by atoms with van der Waals surface area (Å²) in [6.45, 7) is 8.52. The Kier molecular flexibility index (Phi) is 8.96. The van der Waals surface area contributed by atoms with Gasteiger partial charge in [-0.1, -0.05) is 19.1 Å². The maximum atomic E-state index is 13.1. The lowest BCUT2D eigenvalue weighted by molar-refractivity contribution is -0.346.